The topological polar surface area (TPSA) is 47.6 Å². The highest BCUT2D eigenvalue weighted by atomic mass is 35.5. The van der Waals surface area contributed by atoms with Gasteiger partial charge in [0.15, 0.2) is 6.10 Å². The molecule has 5 heteroatoms. The number of hydrogen-bond donors (Lipinski definition) is 1. The largest absolute Gasteiger partial charge is 0.491 e. The second kappa shape index (κ2) is 9.33. The summed E-state index contributed by atoms with van der Waals surface area (Å²) in [5.74, 6) is 1.52. The van der Waals surface area contributed by atoms with Crippen LogP contribution in [0.2, 0.25) is 5.02 Å². The molecule has 2 aromatic carbocycles. The van der Waals surface area contributed by atoms with Crippen molar-refractivity contribution < 1.29 is 14.3 Å². The molecule has 0 heterocycles. The lowest BCUT2D eigenvalue weighted by Crippen LogP contribution is -2.38. The molecule has 4 nitrogen and oxygen atoms in total. The smallest absolute Gasteiger partial charge is 0.260 e. The van der Waals surface area contributed by atoms with E-state index >= 15 is 0 Å². The standard InChI is InChI=1S/C20H24ClNO3/c1-14(2)16-8-4-6-10-18(16)24-13-12-22-20(23)15(3)25-19-11-7-5-9-17(19)21/h4-11,14-15H,12-13H2,1-3H3,(H,22,23). The van der Waals surface area contributed by atoms with Gasteiger partial charge in [-0.3, -0.25) is 4.79 Å². The lowest BCUT2D eigenvalue weighted by Gasteiger charge is -2.16. The predicted octanol–water partition coefficient (Wildman–Crippen LogP) is 4.43. The summed E-state index contributed by atoms with van der Waals surface area (Å²) in [6.45, 7) is 6.73. The van der Waals surface area contributed by atoms with Crippen LogP contribution in [0.5, 0.6) is 11.5 Å². The monoisotopic (exact) mass is 361 g/mol. The number of para-hydroxylation sites is 2. The van der Waals surface area contributed by atoms with Gasteiger partial charge in [-0.15, -0.1) is 0 Å². The van der Waals surface area contributed by atoms with Crippen molar-refractivity contribution in [1.82, 2.24) is 5.32 Å². The number of hydrogen-bond acceptors (Lipinski definition) is 3. The maximum atomic E-state index is 12.1. The number of nitrogens with one attached hydrogen (secondary N) is 1. The van der Waals surface area contributed by atoms with E-state index in [1.165, 1.54) is 0 Å². The van der Waals surface area contributed by atoms with Crippen LogP contribution in [0.25, 0.3) is 0 Å². The Labute approximate surface area is 154 Å². The molecule has 0 aromatic heterocycles. The van der Waals surface area contributed by atoms with Crippen molar-refractivity contribution in [2.24, 2.45) is 0 Å². The third kappa shape index (κ3) is 5.68. The summed E-state index contributed by atoms with van der Waals surface area (Å²) in [7, 11) is 0. The molecule has 0 saturated carbocycles. The van der Waals surface area contributed by atoms with E-state index in [1.54, 1.807) is 19.1 Å². The number of halogens is 1. The lowest BCUT2D eigenvalue weighted by atomic mass is 10.0. The molecule has 1 unspecified atom stereocenters. The van der Waals surface area contributed by atoms with Crippen LogP contribution in [-0.4, -0.2) is 25.2 Å². The first-order chi connectivity index (χ1) is 12.0. The van der Waals surface area contributed by atoms with Crippen LogP contribution < -0.4 is 14.8 Å². The molecule has 0 aliphatic rings. The van der Waals surface area contributed by atoms with E-state index in [-0.39, 0.29) is 5.91 Å². The fraction of sp³-hybridized carbons (Fsp3) is 0.350. The second-order valence-corrected chi connectivity index (χ2v) is 6.43. The van der Waals surface area contributed by atoms with Gasteiger partial charge in [-0.2, -0.15) is 0 Å². The van der Waals surface area contributed by atoms with Gasteiger partial charge >= 0.3 is 0 Å². The van der Waals surface area contributed by atoms with Gasteiger partial charge < -0.3 is 14.8 Å². The maximum absolute atomic E-state index is 12.1. The van der Waals surface area contributed by atoms with Gasteiger partial charge in [-0.1, -0.05) is 55.8 Å². The van der Waals surface area contributed by atoms with Gasteiger partial charge in [0.1, 0.15) is 18.1 Å². The van der Waals surface area contributed by atoms with Crippen LogP contribution in [-0.2, 0) is 4.79 Å². The fourth-order valence-corrected chi connectivity index (χ4v) is 2.53. The Hall–Kier alpha value is -2.20. The first-order valence-corrected chi connectivity index (χ1v) is 8.77. The molecule has 0 saturated heterocycles. The summed E-state index contributed by atoms with van der Waals surface area (Å²) in [6, 6.07) is 15.0. The fourth-order valence-electron chi connectivity index (χ4n) is 2.35. The van der Waals surface area contributed by atoms with Gasteiger partial charge in [0.2, 0.25) is 0 Å². The molecular weight excluding hydrogens is 338 g/mol. The molecule has 25 heavy (non-hydrogen) atoms. The van der Waals surface area contributed by atoms with Crippen LogP contribution >= 0.6 is 11.6 Å². The average molecular weight is 362 g/mol. The number of carbonyl (C=O) groups is 1. The summed E-state index contributed by atoms with van der Waals surface area (Å²) in [6.07, 6.45) is -0.636. The molecule has 0 bridgehead atoms. The zero-order chi connectivity index (χ0) is 18.2. The molecule has 134 valence electrons. The van der Waals surface area contributed by atoms with Crippen molar-refractivity contribution in [2.45, 2.75) is 32.8 Å². The van der Waals surface area contributed by atoms with E-state index in [0.29, 0.717) is 29.8 Å². The number of benzene rings is 2. The van der Waals surface area contributed by atoms with Gasteiger partial charge in [-0.05, 0) is 36.6 Å². The van der Waals surface area contributed by atoms with Crippen molar-refractivity contribution in [3.05, 3.63) is 59.1 Å². The minimum absolute atomic E-state index is 0.208. The molecule has 0 spiro atoms. The quantitative estimate of drug-likeness (QED) is 0.708. The maximum Gasteiger partial charge on any atom is 0.260 e. The zero-order valence-electron chi connectivity index (χ0n) is 14.8. The van der Waals surface area contributed by atoms with Gasteiger partial charge in [0, 0.05) is 0 Å². The molecule has 2 aromatic rings. The average Bonchev–Trinajstić information content (AvgIpc) is 2.60. The predicted molar refractivity (Wildman–Crippen MR) is 101 cm³/mol. The first kappa shape index (κ1) is 19.1. The van der Waals surface area contributed by atoms with Crippen molar-refractivity contribution in [1.29, 1.82) is 0 Å². The van der Waals surface area contributed by atoms with E-state index in [4.69, 9.17) is 21.1 Å². The van der Waals surface area contributed by atoms with E-state index in [1.807, 2.05) is 30.3 Å². The zero-order valence-corrected chi connectivity index (χ0v) is 15.5. The highest BCUT2D eigenvalue weighted by molar-refractivity contribution is 6.32. The molecule has 0 aliphatic heterocycles. The SMILES string of the molecule is CC(Oc1ccccc1Cl)C(=O)NCCOc1ccccc1C(C)C. The van der Waals surface area contributed by atoms with Crippen molar-refractivity contribution >= 4 is 17.5 Å². The van der Waals surface area contributed by atoms with Gasteiger partial charge in [0.05, 0.1) is 11.6 Å². The number of carbonyl (C=O) groups excluding carboxylic acids is 1. The molecule has 1 atom stereocenters. The van der Waals surface area contributed by atoms with E-state index < -0.39 is 6.10 Å². The van der Waals surface area contributed by atoms with Gasteiger partial charge in [-0.25, -0.2) is 0 Å². The normalized spacial score (nSPS) is 11.9. The third-order valence-electron chi connectivity index (χ3n) is 3.71. The van der Waals surface area contributed by atoms with Crippen LogP contribution in [0.15, 0.2) is 48.5 Å². The minimum atomic E-state index is -0.636. The second-order valence-electron chi connectivity index (χ2n) is 6.02. The van der Waals surface area contributed by atoms with Crippen molar-refractivity contribution in [3.63, 3.8) is 0 Å². The van der Waals surface area contributed by atoms with E-state index in [2.05, 4.69) is 25.2 Å². The number of rotatable bonds is 8. The van der Waals surface area contributed by atoms with Crippen molar-refractivity contribution in [3.8, 4) is 11.5 Å². The highest BCUT2D eigenvalue weighted by Gasteiger charge is 2.15. The van der Waals surface area contributed by atoms with E-state index in [0.717, 1.165) is 11.3 Å². The van der Waals surface area contributed by atoms with Crippen LogP contribution in [0.1, 0.15) is 32.3 Å². The molecule has 0 radical (unpaired) electrons. The highest BCUT2D eigenvalue weighted by Crippen LogP contribution is 2.26. The molecule has 2 rings (SSSR count). The Kier molecular flexibility index (Phi) is 7.14. The molecule has 1 N–H and O–H groups in total. The Morgan fingerprint density at radius 2 is 1.68 bits per heavy atom. The minimum Gasteiger partial charge on any atom is -0.491 e. The Bertz CT molecular complexity index is 703. The third-order valence-corrected chi connectivity index (χ3v) is 4.02. The van der Waals surface area contributed by atoms with Crippen LogP contribution in [0.4, 0.5) is 0 Å². The molecule has 1 amide bonds. The molecule has 0 aliphatic carbocycles. The number of amides is 1. The summed E-state index contributed by atoms with van der Waals surface area (Å²) < 4.78 is 11.4. The van der Waals surface area contributed by atoms with Crippen LogP contribution in [0.3, 0.4) is 0 Å². The Balaban J connectivity index is 1.78. The summed E-state index contributed by atoms with van der Waals surface area (Å²) in [5, 5.41) is 3.29. The first-order valence-electron chi connectivity index (χ1n) is 8.39. The van der Waals surface area contributed by atoms with E-state index in [9.17, 15) is 4.79 Å². The Morgan fingerprint density at radius 1 is 1.04 bits per heavy atom. The summed E-state index contributed by atoms with van der Waals surface area (Å²) >= 11 is 6.03. The van der Waals surface area contributed by atoms with Gasteiger partial charge in [0.25, 0.3) is 5.91 Å². The summed E-state index contributed by atoms with van der Waals surface area (Å²) in [5.41, 5.74) is 1.16. The molecule has 0 fully saturated rings. The Morgan fingerprint density at radius 3 is 2.36 bits per heavy atom. The lowest BCUT2D eigenvalue weighted by molar-refractivity contribution is -0.127. The summed E-state index contributed by atoms with van der Waals surface area (Å²) in [4.78, 5) is 12.1. The van der Waals surface area contributed by atoms with Crippen LogP contribution in [0, 0.1) is 0 Å². The molecular formula is C20H24ClNO3. The van der Waals surface area contributed by atoms with Crippen molar-refractivity contribution in [2.75, 3.05) is 13.2 Å². The number of ether oxygens (including phenoxy) is 2.